The van der Waals surface area contributed by atoms with Gasteiger partial charge in [0.1, 0.15) is 0 Å². The summed E-state index contributed by atoms with van der Waals surface area (Å²) in [6.07, 6.45) is 2.67. The van der Waals surface area contributed by atoms with E-state index in [9.17, 15) is 4.79 Å². The van der Waals surface area contributed by atoms with E-state index in [1.54, 1.807) is 0 Å². The van der Waals surface area contributed by atoms with Crippen LogP contribution in [0.4, 0.5) is 0 Å². The second kappa shape index (κ2) is 6.85. The molecule has 1 aromatic carbocycles. The Kier molecular flexibility index (Phi) is 4.59. The number of likely N-dealkylation sites (tertiary alicyclic amines) is 2. The van der Waals surface area contributed by atoms with Crippen molar-refractivity contribution in [2.75, 3.05) is 39.4 Å². The Bertz CT molecular complexity index is 558. The number of hydrogen-bond acceptors (Lipinski definition) is 3. The lowest BCUT2D eigenvalue weighted by atomic mass is 10.2. The molecule has 3 aliphatic rings. The first-order chi connectivity index (χ1) is 11.7. The number of amides is 1. The van der Waals surface area contributed by atoms with Gasteiger partial charge in [0.2, 0.25) is 0 Å². The van der Waals surface area contributed by atoms with Crippen LogP contribution in [0, 0.1) is 17.8 Å². The van der Waals surface area contributed by atoms with Crippen LogP contribution in [0.25, 0.3) is 0 Å². The van der Waals surface area contributed by atoms with Crippen LogP contribution < -0.4 is 0 Å². The van der Waals surface area contributed by atoms with Crippen LogP contribution >= 0.6 is 0 Å². The average molecular weight is 328 g/mol. The fraction of sp³-hybridized carbons (Fsp3) is 0.650. The van der Waals surface area contributed by atoms with Gasteiger partial charge in [0.25, 0.3) is 5.91 Å². The number of piperidine rings is 1. The van der Waals surface area contributed by atoms with Gasteiger partial charge in [-0.25, -0.2) is 0 Å². The zero-order valence-corrected chi connectivity index (χ0v) is 14.6. The predicted octanol–water partition coefficient (Wildman–Crippen LogP) is 2.51. The predicted molar refractivity (Wildman–Crippen MR) is 93.9 cm³/mol. The molecule has 4 nitrogen and oxygen atoms in total. The smallest absolute Gasteiger partial charge is 0.253 e. The number of benzene rings is 1. The monoisotopic (exact) mass is 328 g/mol. The molecule has 1 amide bonds. The van der Waals surface area contributed by atoms with Gasteiger partial charge in [0, 0.05) is 24.7 Å². The molecule has 4 heteroatoms. The highest BCUT2D eigenvalue weighted by atomic mass is 16.5. The van der Waals surface area contributed by atoms with Gasteiger partial charge in [-0.2, -0.15) is 0 Å². The molecule has 2 saturated heterocycles. The molecule has 0 aromatic heterocycles. The highest BCUT2D eigenvalue weighted by Gasteiger charge is 2.56. The molecule has 24 heavy (non-hydrogen) atoms. The molecule has 1 aliphatic carbocycles. The van der Waals surface area contributed by atoms with Crippen LogP contribution in [-0.2, 0) is 4.74 Å². The number of carbonyl (C=O) groups excluding carboxylic acids is 1. The Morgan fingerprint density at radius 1 is 1.17 bits per heavy atom. The van der Waals surface area contributed by atoms with E-state index >= 15 is 0 Å². The molecule has 130 valence electrons. The van der Waals surface area contributed by atoms with Gasteiger partial charge in [0.15, 0.2) is 0 Å². The van der Waals surface area contributed by atoms with Crippen LogP contribution in [0.15, 0.2) is 30.3 Å². The fourth-order valence-corrected chi connectivity index (χ4v) is 4.49. The second-order valence-corrected chi connectivity index (χ2v) is 7.70. The molecular weight excluding hydrogens is 300 g/mol. The Morgan fingerprint density at radius 3 is 2.50 bits per heavy atom. The van der Waals surface area contributed by atoms with Crippen LogP contribution in [0.5, 0.6) is 0 Å². The van der Waals surface area contributed by atoms with E-state index in [4.69, 9.17) is 4.74 Å². The topological polar surface area (TPSA) is 32.8 Å². The standard InChI is InChI=1S/C20H28N2O2/c1-15(21-9-5-6-10-21)13-24-14-19-17-11-22(12-18(17)19)20(23)16-7-3-2-4-8-16/h2-4,7-8,15,17-19H,5-6,9-14H2,1H3. The molecule has 0 bridgehead atoms. The van der Waals surface area contributed by atoms with Crippen LogP contribution in [0.1, 0.15) is 30.1 Å². The number of ether oxygens (including phenoxy) is 1. The summed E-state index contributed by atoms with van der Waals surface area (Å²) in [5.74, 6) is 2.19. The van der Waals surface area contributed by atoms with Gasteiger partial charge in [-0.15, -0.1) is 0 Å². The lowest BCUT2D eigenvalue weighted by Crippen LogP contribution is -2.34. The van der Waals surface area contributed by atoms with E-state index in [0.29, 0.717) is 23.8 Å². The number of carbonyl (C=O) groups is 1. The maximum atomic E-state index is 12.5. The molecule has 0 radical (unpaired) electrons. The van der Waals surface area contributed by atoms with Crippen molar-refractivity contribution < 1.29 is 9.53 Å². The molecule has 3 fully saturated rings. The van der Waals surface area contributed by atoms with Crippen molar-refractivity contribution in [3.05, 3.63) is 35.9 Å². The summed E-state index contributed by atoms with van der Waals surface area (Å²) in [6.45, 7) is 8.29. The van der Waals surface area contributed by atoms with E-state index < -0.39 is 0 Å². The molecule has 4 rings (SSSR count). The largest absolute Gasteiger partial charge is 0.380 e. The minimum atomic E-state index is 0.185. The molecule has 0 N–H and O–H groups in total. The summed E-state index contributed by atoms with van der Waals surface area (Å²) in [5.41, 5.74) is 0.811. The van der Waals surface area contributed by atoms with E-state index in [-0.39, 0.29) is 5.91 Å². The van der Waals surface area contributed by atoms with Crippen molar-refractivity contribution in [2.45, 2.75) is 25.8 Å². The third kappa shape index (κ3) is 3.22. The molecule has 0 spiro atoms. The van der Waals surface area contributed by atoms with E-state index in [1.165, 1.54) is 25.9 Å². The first-order valence-corrected chi connectivity index (χ1v) is 9.40. The Hall–Kier alpha value is -1.39. The lowest BCUT2D eigenvalue weighted by molar-refractivity contribution is 0.0586. The molecular formula is C20H28N2O2. The number of hydrogen-bond donors (Lipinski definition) is 0. The minimum absolute atomic E-state index is 0.185. The van der Waals surface area contributed by atoms with Crippen LogP contribution in [0.3, 0.4) is 0 Å². The van der Waals surface area contributed by atoms with Crippen molar-refractivity contribution >= 4 is 5.91 Å². The summed E-state index contributed by atoms with van der Waals surface area (Å²) < 4.78 is 6.00. The Balaban J connectivity index is 1.18. The normalized spacial score (nSPS) is 30.4. The van der Waals surface area contributed by atoms with E-state index in [0.717, 1.165) is 31.9 Å². The Morgan fingerprint density at radius 2 is 1.83 bits per heavy atom. The van der Waals surface area contributed by atoms with Gasteiger partial charge in [-0.1, -0.05) is 18.2 Å². The van der Waals surface area contributed by atoms with Crippen LogP contribution in [0.2, 0.25) is 0 Å². The Labute approximate surface area is 144 Å². The third-order valence-electron chi connectivity index (χ3n) is 6.11. The first-order valence-electron chi connectivity index (χ1n) is 9.40. The van der Waals surface area contributed by atoms with E-state index in [1.807, 2.05) is 35.2 Å². The number of fused-ring (bicyclic) bond motifs is 1. The van der Waals surface area contributed by atoms with Gasteiger partial charge in [0.05, 0.1) is 13.2 Å². The lowest BCUT2D eigenvalue weighted by Gasteiger charge is -2.24. The van der Waals surface area contributed by atoms with Crippen molar-refractivity contribution in [3.63, 3.8) is 0 Å². The zero-order valence-electron chi connectivity index (χ0n) is 14.6. The number of rotatable bonds is 6. The maximum Gasteiger partial charge on any atom is 0.253 e. The van der Waals surface area contributed by atoms with Crippen molar-refractivity contribution in [1.82, 2.24) is 9.80 Å². The summed E-state index contributed by atoms with van der Waals surface area (Å²) in [7, 11) is 0. The minimum Gasteiger partial charge on any atom is -0.380 e. The number of nitrogens with zero attached hydrogens (tertiary/aromatic N) is 2. The van der Waals surface area contributed by atoms with Gasteiger partial charge < -0.3 is 9.64 Å². The molecule has 2 heterocycles. The van der Waals surface area contributed by atoms with Gasteiger partial charge >= 0.3 is 0 Å². The van der Waals surface area contributed by atoms with Crippen molar-refractivity contribution in [1.29, 1.82) is 0 Å². The summed E-state index contributed by atoms with van der Waals surface area (Å²) >= 11 is 0. The fourth-order valence-electron chi connectivity index (χ4n) is 4.49. The van der Waals surface area contributed by atoms with Gasteiger partial charge in [-0.05, 0) is 62.7 Å². The van der Waals surface area contributed by atoms with Crippen molar-refractivity contribution in [3.8, 4) is 0 Å². The first kappa shape index (κ1) is 16.1. The SMILES string of the molecule is CC(COCC1C2CN(C(=O)c3ccccc3)CC12)N1CCCC1. The highest BCUT2D eigenvalue weighted by molar-refractivity contribution is 5.94. The quantitative estimate of drug-likeness (QED) is 0.804. The second-order valence-electron chi connectivity index (χ2n) is 7.70. The molecule has 3 atom stereocenters. The zero-order chi connectivity index (χ0) is 16.5. The average Bonchev–Trinajstić information content (AvgIpc) is 3.07. The maximum absolute atomic E-state index is 12.5. The van der Waals surface area contributed by atoms with Crippen molar-refractivity contribution in [2.24, 2.45) is 17.8 Å². The molecule has 1 aromatic rings. The summed E-state index contributed by atoms with van der Waals surface area (Å²) in [5, 5.41) is 0. The summed E-state index contributed by atoms with van der Waals surface area (Å²) in [4.78, 5) is 17.0. The van der Waals surface area contributed by atoms with E-state index in [2.05, 4.69) is 11.8 Å². The van der Waals surface area contributed by atoms with Crippen LogP contribution in [-0.4, -0.2) is 61.1 Å². The molecule has 1 saturated carbocycles. The summed E-state index contributed by atoms with van der Waals surface area (Å²) in [6, 6.07) is 10.2. The third-order valence-corrected chi connectivity index (χ3v) is 6.11. The molecule has 3 unspecified atom stereocenters. The highest BCUT2D eigenvalue weighted by Crippen LogP contribution is 2.51. The van der Waals surface area contributed by atoms with Gasteiger partial charge in [-0.3, -0.25) is 9.69 Å². The molecule has 2 aliphatic heterocycles.